The Morgan fingerprint density at radius 2 is 1.58 bits per heavy atom. The van der Waals surface area contributed by atoms with Crippen molar-refractivity contribution in [2.45, 2.75) is 6.42 Å². The lowest BCUT2D eigenvalue weighted by atomic mass is 9.94. The van der Waals surface area contributed by atoms with Crippen molar-refractivity contribution in [2.75, 3.05) is 7.11 Å². The Bertz CT molecular complexity index is 752. The van der Waals surface area contributed by atoms with E-state index in [0.717, 1.165) is 0 Å². The highest BCUT2D eigenvalue weighted by molar-refractivity contribution is 6.11. The van der Waals surface area contributed by atoms with E-state index in [-0.39, 0.29) is 23.5 Å². The number of carbonyl (C=O) groups excluding carboxylic acids is 1. The summed E-state index contributed by atoms with van der Waals surface area (Å²) in [6, 6.07) is 13.3. The third-order valence-electron chi connectivity index (χ3n) is 3.60. The fourth-order valence-corrected chi connectivity index (χ4v) is 2.41. The summed E-state index contributed by atoms with van der Waals surface area (Å²) in [6.45, 7) is 0. The van der Waals surface area contributed by atoms with Crippen LogP contribution in [0.4, 0.5) is 0 Å². The van der Waals surface area contributed by atoms with Crippen LogP contribution in [0.2, 0.25) is 0 Å². The molecular weight excluding hydrogens is 312 g/mol. The standard InChI is InChI=1S/C18H16O6/c1-24-16-12(10-14(17(20)21)18(22)23)8-5-9-13(16)15(19)11-6-3-2-4-7-11/h2-9,14H,10H2,1H3,(H,20,21)(H,22,23). The molecule has 0 saturated heterocycles. The smallest absolute Gasteiger partial charge is 0.318 e. The highest BCUT2D eigenvalue weighted by Gasteiger charge is 2.28. The van der Waals surface area contributed by atoms with E-state index in [4.69, 9.17) is 14.9 Å². The Hall–Kier alpha value is -3.15. The molecule has 0 radical (unpaired) electrons. The maximum absolute atomic E-state index is 12.6. The maximum Gasteiger partial charge on any atom is 0.318 e. The van der Waals surface area contributed by atoms with E-state index < -0.39 is 17.9 Å². The Labute approximate surface area is 138 Å². The van der Waals surface area contributed by atoms with E-state index >= 15 is 0 Å². The molecule has 0 saturated carbocycles. The van der Waals surface area contributed by atoms with Crippen LogP contribution in [0.1, 0.15) is 21.5 Å². The van der Waals surface area contributed by atoms with Crippen molar-refractivity contribution in [1.82, 2.24) is 0 Å². The SMILES string of the molecule is COc1c(CC(C(=O)O)C(=O)O)cccc1C(=O)c1ccccc1. The van der Waals surface area contributed by atoms with Gasteiger partial charge in [-0.1, -0.05) is 42.5 Å². The van der Waals surface area contributed by atoms with E-state index in [1.807, 2.05) is 0 Å². The predicted molar refractivity (Wildman–Crippen MR) is 85.3 cm³/mol. The monoisotopic (exact) mass is 328 g/mol. The van der Waals surface area contributed by atoms with Crippen LogP contribution in [-0.4, -0.2) is 35.0 Å². The summed E-state index contributed by atoms with van der Waals surface area (Å²) in [5.74, 6) is -4.58. The topological polar surface area (TPSA) is 101 Å². The van der Waals surface area contributed by atoms with Gasteiger partial charge in [0, 0.05) is 5.56 Å². The lowest BCUT2D eigenvalue weighted by molar-refractivity contribution is -0.154. The Morgan fingerprint density at radius 3 is 2.12 bits per heavy atom. The van der Waals surface area contributed by atoms with Gasteiger partial charge in [-0.25, -0.2) is 0 Å². The van der Waals surface area contributed by atoms with Crippen LogP contribution in [0.15, 0.2) is 48.5 Å². The molecule has 2 rings (SSSR count). The highest BCUT2D eigenvalue weighted by Crippen LogP contribution is 2.28. The van der Waals surface area contributed by atoms with E-state index in [2.05, 4.69) is 0 Å². The number of aliphatic carboxylic acids is 2. The van der Waals surface area contributed by atoms with Gasteiger partial charge in [0.25, 0.3) is 0 Å². The van der Waals surface area contributed by atoms with Crippen LogP contribution in [0, 0.1) is 5.92 Å². The van der Waals surface area contributed by atoms with Crippen molar-refractivity contribution in [3.05, 3.63) is 65.2 Å². The first-order valence-electron chi connectivity index (χ1n) is 7.17. The molecule has 0 aliphatic carbocycles. The van der Waals surface area contributed by atoms with Crippen LogP contribution < -0.4 is 4.74 Å². The van der Waals surface area contributed by atoms with Gasteiger partial charge in [-0.2, -0.15) is 0 Å². The number of ether oxygens (including phenoxy) is 1. The minimum Gasteiger partial charge on any atom is -0.496 e. The van der Waals surface area contributed by atoms with Gasteiger partial charge in [0.1, 0.15) is 5.75 Å². The first kappa shape index (κ1) is 17.2. The number of benzene rings is 2. The second-order valence-corrected chi connectivity index (χ2v) is 5.13. The molecule has 124 valence electrons. The zero-order chi connectivity index (χ0) is 17.7. The lowest BCUT2D eigenvalue weighted by Gasteiger charge is -2.15. The average molecular weight is 328 g/mol. The van der Waals surface area contributed by atoms with Crippen LogP contribution in [0.3, 0.4) is 0 Å². The molecule has 2 N–H and O–H groups in total. The quantitative estimate of drug-likeness (QED) is 0.597. The van der Waals surface area contributed by atoms with Gasteiger partial charge in [0.05, 0.1) is 12.7 Å². The molecule has 0 unspecified atom stereocenters. The van der Waals surface area contributed by atoms with Crippen molar-refractivity contribution in [3.8, 4) is 5.75 Å². The fraction of sp³-hybridized carbons (Fsp3) is 0.167. The molecule has 0 amide bonds. The van der Waals surface area contributed by atoms with Crippen molar-refractivity contribution in [2.24, 2.45) is 5.92 Å². The molecule has 6 heteroatoms. The van der Waals surface area contributed by atoms with Gasteiger partial charge in [-0.15, -0.1) is 0 Å². The van der Waals surface area contributed by atoms with Crippen molar-refractivity contribution in [3.63, 3.8) is 0 Å². The fourth-order valence-electron chi connectivity index (χ4n) is 2.41. The van der Waals surface area contributed by atoms with Gasteiger partial charge in [0.15, 0.2) is 11.7 Å². The van der Waals surface area contributed by atoms with Crippen LogP contribution in [0.5, 0.6) is 5.75 Å². The van der Waals surface area contributed by atoms with Gasteiger partial charge in [-0.05, 0) is 18.1 Å². The molecule has 0 atom stereocenters. The largest absolute Gasteiger partial charge is 0.496 e. The second kappa shape index (κ2) is 7.41. The molecule has 2 aromatic carbocycles. The molecule has 0 heterocycles. The first-order valence-corrected chi connectivity index (χ1v) is 7.17. The number of rotatable bonds is 7. The molecule has 6 nitrogen and oxygen atoms in total. The summed E-state index contributed by atoms with van der Waals surface area (Å²) in [5.41, 5.74) is 1.07. The normalized spacial score (nSPS) is 10.4. The molecule has 0 aliphatic rings. The zero-order valence-electron chi connectivity index (χ0n) is 12.9. The van der Waals surface area contributed by atoms with Gasteiger partial charge < -0.3 is 14.9 Å². The van der Waals surface area contributed by atoms with Gasteiger partial charge >= 0.3 is 11.9 Å². The molecule has 0 fully saturated rings. The zero-order valence-corrected chi connectivity index (χ0v) is 12.9. The van der Waals surface area contributed by atoms with Gasteiger partial charge in [-0.3, -0.25) is 14.4 Å². The molecule has 0 aliphatic heterocycles. The predicted octanol–water partition coefficient (Wildman–Crippen LogP) is 2.25. The van der Waals surface area contributed by atoms with Crippen molar-refractivity contribution >= 4 is 17.7 Å². The minimum atomic E-state index is -1.61. The number of methoxy groups -OCH3 is 1. The summed E-state index contributed by atoms with van der Waals surface area (Å²) in [7, 11) is 1.36. The number of carboxylic acids is 2. The van der Waals surface area contributed by atoms with E-state index in [1.54, 1.807) is 48.5 Å². The third-order valence-corrected chi connectivity index (χ3v) is 3.60. The van der Waals surface area contributed by atoms with Crippen LogP contribution >= 0.6 is 0 Å². The van der Waals surface area contributed by atoms with Crippen molar-refractivity contribution < 1.29 is 29.3 Å². The van der Waals surface area contributed by atoms with E-state index in [1.165, 1.54) is 7.11 Å². The summed E-state index contributed by atoms with van der Waals surface area (Å²) in [6.07, 6.45) is -0.274. The number of ketones is 1. The van der Waals surface area contributed by atoms with Crippen LogP contribution in [-0.2, 0) is 16.0 Å². The van der Waals surface area contributed by atoms with E-state index in [9.17, 15) is 14.4 Å². The molecule has 0 spiro atoms. The van der Waals surface area contributed by atoms with Crippen molar-refractivity contribution in [1.29, 1.82) is 0 Å². The summed E-state index contributed by atoms with van der Waals surface area (Å²) < 4.78 is 5.27. The third kappa shape index (κ3) is 3.60. The molecule has 0 bridgehead atoms. The maximum atomic E-state index is 12.6. The second-order valence-electron chi connectivity index (χ2n) is 5.13. The molecular formula is C18H16O6. The Morgan fingerprint density at radius 1 is 0.958 bits per heavy atom. The number of hydrogen-bond donors (Lipinski definition) is 2. The number of carboxylic acid groups (broad SMARTS) is 2. The summed E-state index contributed by atoms with van der Waals surface area (Å²) in [4.78, 5) is 34.8. The lowest BCUT2D eigenvalue weighted by Crippen LogP contribution is -2.25. The number of hydrogen-bond acceptors (Lipinski definition) is 4. The summed E-state index contributed by atoms with van der Waals surface area (Å²) in [5, 5.41) is 18.1. The first-order chi connectivity index (χ1) is 11.5. The van der Waals surface area contributed by atoms with Gasteiger partial charge in [0.2, 0.25) is 0 Å². The minimum absolute atomic E-state index is 0.193. The highest BCUT2D eigenvalue weighted by atomic mass is 16.5. The summed E-state index contributed by atoms with van der Waals surface area (Å²) >= 11 is 0. The number of carbonyl (C=O) groups is 3. The average Bonchev–Trinajstić information content (AvgIpc) is 2.58. The van der Waals surface area contributed by atoms with E-state index in [0.29, 0.717) is 11.1 Å². The Kier molecular flexibility index (Phi) is 5.31. The molecule has 0 aromatic heterocycles. The van der Waals surface area contributed by atoms with Crippen LogP contribution in [0.25, 0.3) is 0 Å². The number of para-hydroxylation sites is 1. The molecule has 24 heavy (non-hydrogen) atoms. The molecule has 2 aromatic rings. The Balaban J connectivity index is 2.44.